The lowest BCUT2D eigenvalue weighted by Gasteiger charge is -2.11. The van der Waals surface area contributed by atoms with E-state index >= 15 is 0 Å². The van der Waals surface area contributed by atoms with Crippen molar-refractivity contribution in [3.05, 3.63) is 76.3 Å². The topological polar surface area (TPSA) is 64.0 Å². The summed E-state index contributed by atoms with van der Waals surface area (Å²) in [7, 11) is 0. The van der Waals surface area contributed by atoms with Gasteiger partial charge in [-0.2, -0.15) is 0 Å². The highest BCUT2D eigenvalue weighted by Gasteiger charge is 2.07. The number of carbonyl (C=O) groups is 1. The Hall–Kier alpha value is -2.95. The number of amides is 1. The van der Waals surface area contributed by atoms with E-state index in [0.717, 1.165) is 16.8 Å². The molecule has 2 aromatic heterocycles. The molecule has 2 heterocycles. The Balaban J connectivity index is 1.77. The third kappa shape index (κ3) is 3.45. The zero-order valence-corrected chi connectivity index (χ0v) is 12.8. The number of nitrogens with one attached hydrogen (secondary N) is 1. The summed E-state index contributed by atoms with van der Waals surface area (Å²) < 4.78 is 1.78. The molecule has 0 aliphatic carbocycles. The SMILES string of the molecule is Cc1ccc2c(c1)c(=O)ccn2CC(=O)NCc1ccccn1. The average Bonchev–Trinajstić information content (AvgIpc) is 2.57. The van der Waals surface area contributed by atoms with Gasteiger partial charge in [-0.1, -0.05) is 17.7 Å². The molecular weight excluding hydrogens is 290 g/mol. The van der Waals surface area contributed by atoms with E-state index in [1.165, 1.54) is 6.07 Å². The van der Waals surface area contributed by atoms with Crippen molar-refractivity contribution in [2.45, 2.75) is 20.0 Å². The summed E-state index contributed by atoms with van der Waals surface area (Å²) in [4.78, 5) is 28.3. The molecule has 3 rings (SSSR count). The van der Waals surface area contributed by atoms with Crippen molar-refractivity contribution in [2.75, 3.05) is 0 Å². The average molecular weight is 307 g/mol. The highest BCUT2D eigenvalue weighted by molar-refractivity contribution is 5.82. The first-order valence-electron chi connectivity index (χ1n) is 7.40. The monoisotopic (exact) mass is 307 g/mol. The van der Waals surface area contributed by atoms with E-state index in [-0.39, 0.29) is 17.9 Å². The van der Waals surface area contributed by atoms with Crippen molar-refractivity contribution in [1.29, 1.82) is 0 Å². The number of hydrogen-bond acceptors (Lipinski definition) is 3. The number of hydrogen-bond donors (Lipinski definition) is 1. The van der Waals surface area contributed by atoms with Crippen LogP contribution in [0, 0.1) is 6.92 Å². The molecule has 23 heavy (non-hydrogen) atoms. The second-order valence-electron chi connectivity index (χ2n) is 5.43. The maximum atomic E-state index is 12.1. The number of rotatable bonds is 4. The van der Waals surface area contributed by atoms with E-state index in [1.54, 1.807) is 17.0 Å². The van der Waals surface area contributed by atoms with E-state index in [2.05, 4.69) is 10.3 Å². The normalized spacial score (nSPS) is 10.7. The first-order valence-corrected chi connectivity index (χ1v) is 7.40. The Kier molecular flexibility index (Phi) is 4.19. The van der Waals surface area contributed by atoms with Crippen LogP contribution in [0.1, 0.15) is 11.3 Å². The molecule has 5 heteroatoms. The molecule has 0 spiro atoms. The predicted molar refractivity (Wildman–Crippen MR) is 89.0 cm³/mol. The smallest absolute Gasteiger partial charge is 0.240 e. The van der Waals surface area contributed by atoms with Crippen molar-refractivity contribution in [1.82, 2.24) is 14.9 Å². The Morgan fingerprint density at radius 2 is 2.09 bits per heavy atom. The lowest BCUT2D eigenvalue weighted by Crippen LogP contribution is -2.28. The molecule has 0 radical (unpaired) electrons. The highest BCUT2D eigenvalue weighted by Crippen LogP contribution is 2.12. The van der Waals surface area contributed by atoms with Crippen LogP contribution in [-0.2, 0) is 17.9 Å². The Morgan fingerprint density at radius 3 is 2.87 bits per heavy atom. The summed E-state index contributed by atoms with van der Waals surface area (Å²) in [6.45, 7) is 2.49. The molecule has 0 fully saturated rings. The third-order valence-electron chi connectivity index (χ3n) is 3.64. The van der Waals surface area contributed by atoms with Crippen LogP contribution in [0.25, 0.3) is 10.9 Å². The van der Waals surface area contributed by atoms with Gasteiger partial charge < -0.3 is 9.88 Å². The van der Waals surface area contributed by atoms with Gasteiger partial charge in [0, 0.05) is 23.8 Å². The number of fused-ring (bicyclic) bond motifs is 1. The largest absolute Gasteiger partial charge is 0.349 e. The molecular formula is C18H17N3O2. The van der Waals surface area contributed by atoms with E-state index in [9.17, 15) is 9.59 Å². The summed E-state index contributed by atoms with van der Waals surface area (Å²) in [5.41, 5.74) is 2.55. The Labute approximate surface area is 133 Å². The molecule has 0 aliphatic heterocycles. The molecule has 0 atom stereocenters. The summed E-state index contributed by atoms with van der Waals surface area (Å²) in [6, 6.07) is 12.7. The van der Waals surface area contributed by atoms with Crippen LogP contribution in [0.2, 0.25) is 0 Å². The van der Waals surface area contributed by atoms with Gasteiger partial charge in [-0.25, -0.2) is 0 Å². The molecule has 116 valence electrons. The van der Waals surface area contributed by atoms with Gasteiger partial charge in [0.2, 0.25) is 5.91 Å². The molecule has 1 N–H and O–H groups in total. The van der Waals surface area contributed by atoms with E-state index in [1.807, 2.05) is 43.3 Å². The summed E-state index contributed by atoms with van der Waals surface area (Å²) in [5.74, 6) is -0.124. The minimum atomic E-state index is -0.124. The van der Waals surface area contributed by atoms with Gasteiger partial charge in [-0.05, 0) is 31.2 Å². The summed E-state index contributed by atoms with van der Waals surface area (Å²) in [6.07, 6.45) is 3.35. The van der Waals surface area contributed by atoms with Crippen molar-refractivity contribution >= 4 is 16.8 Å². The van der Waals surface area contributed by atoms with Crippen LogP contribution in [0.15, 0.2) is 59.7 Å². The van der Waals surface area contributed by atoms with E-state index in [0.29, 0.717) is 11.9 Å². The van der Waals surface area contributed by atoms with Crippen LogP contribution in [0.5, 0.6) is 0 Å². The molecule has 1 aromatic carbocycles. The van der Waals surface area contributed by atoms with Gasteiger partial charge in [0.05, 0.1) is 17.8 Å². The van der Waals surface area contributed by atoms with Crippen molar-refractivity contribution in [3.63, 3.8) is 0 Å². The van der Waals surface area contributed by atoms with Gasteiger partial charge in [-0.3, -0.25) is 14.6 Å². The molecule has 5 nitrogen and oxygen atoms in total. The molecule has 3 aromatic rings. The molecule has 0 saturated carbocycles. The van der Waals surface area contributed by atoms with Crippen LogP contribution in [0.4, 0.5) is 0 Å². The zero-order chi connectivity index (χ0) is 16.2. The number of aryl methyl sites for hydroxylation is 1. The van der Waals surface area contributed by atoms with Gasteiger partial charge >= 0.3 is 0 Å². The van der Waals surface area contributed by atoms with Gasteiger partial charge in [0.1, 0.15) is 6.54 Å². The van der Waals surface area contributed by atoms with Crippen LogP contribution < -0.4 is 10.7 Å². The van der Waals surface area contributed by atoms with E-state index < -0.39 is 0 Å². The second-order valence-corrected chi connectivity index (χ2v) is 5.43. The van der Waals surface area contributed by atoms with Crippen molar-refractivity contribution < 1.29 is 4.79 Å². The first kappa shape index (κ1) is 15.0. The fourth-order valence-corrected chi connectivity index (χ4v) is 2.47. The predicted octanol–water partition coefficient (Wildman–Crippen LogP) is 2.02. The van der Waals surface area contributed by atoms with Crippen LogP contribution in [0.3, 0.4) is 0 Å². The summed E-state index contributed by atoms with van der Waals surface area (Å²) in [5, 5.41) is 3.47. The Bertz CT molecular complexity index is 901. The maximum Gasteiger partial charge on any atom is 0.240 e. The standard InChI is InChI=1S/C18H17N3O2/c1-13-5-6-16-15(10-13)17(22)7-9-21(16)12-18(23)20-11-14-4-2-3-8-19-14/h2-10H,11-12H2,1H3,(H,20,23). The summed E-state index contributed by atoms with van der Waals surface area (Å²) >= 11 is 0. The van der Waals surface area contributed by atoms with Gasteiger partial charge in [0.15, 0.2) is 5.43 Å². The second kappa shape index (κ2) is 6.44. The number of nitrogens with zero attached hydrogens (tertiary/aromatic N) is 2. The molecule has 0 saturated heterocycles. The minimum absolute atomic E-state index is 0.0335. The number of carbonyl (C=O) groups excluding carboxylic acids is 1. The lowest BCUT2D eigenvalue weighted by molar-refractivity contribution is -0.121. The fourth-order valence-electron chi connectivity index (χ4n) is 2.47. The van der Waals surface area contributed by atoms with E-state index in [4.69, 9.17) is 0 Å². The number of aromatic nitrogens is 2. The fraction of sp³-hybridized carbons (Fsp3) is 0.167. The quantitative estimate of drug-likeness (QED) is 0.802. The molecule has 0 aliphatic rings. The van der Waals surface area contributed by atoms with Gasteiger partial charge in [-0.15, -0.1) is 0 Å². The van der Waals surface area contributed by atoms with Crippen LogP contribution >= 0.6 is 0 Å². The molecule has 1 amide bonds. The maximum absolute atomic E-state index is 12.1. The van der Waals surface area contributed by atoms with Crippen molar-refractivity contribution in [3.8, 4) is 0 Å². The zero-order valence-electron chi connectivity index (χ0n) is 12.8. The molecule has 0 bridgehead atoms. The minimum Gasteiger partial charge on any atom is -0.349 e. The number of pyridine rings is 2. The third-order valence-corrected chi connectivity index (χ3v) is 3.64. The Morgan fingerprint density at radius 1 is 1.22 bits per heavy atom. The van der Waals surface area contributed by atoms with Crippen LogP contribution in [-0.4, -0.2) is 15.5 Å². The highest BCUT2D eigenvalue weighted by atomic mass is 16.2. The van der Waals surface area contributed by atoms with Gasteiger partial charge in [0.25, 0.3) is 0 Å². The molecule has 0 unspecified atom stereocenters. The number of benzene rings is 1. The van der Waals surface area contributed by atoms with Crippen molar-refractivity contribution in [2.24, 2.45) is 0 Å². The lowest BCUT2D eigenvalue weighted by atomic mass is 10.1. The first-order chi connectivity index (χ1) is 11.1.